The first-order valence-electron chi connectivity index (χ1n) is 10.9. The summed E-state index contributed by atoms with van der Waals surface area (Å²) >= 11 is 12.7. The number of amides is 2. The summed E-state index contributed by atoms with van der Waals surface area (Å²) in [7, 11) is 0. The van der Waals surface area contributed by atoms with E-state index < -0.39 is 6.04 Å². The molecule has 1 N–H and O–H groups in total. The summed E-state index contributed by atoms with van der Waals surface area (Å²) in [5, 5.41) is 3.83. The van der Waals surface area contributed by atoms with E-state index in [9.17, 15) is 9.59 Å². The van der Waals surface area contributed by atoms with Gasteiger partial charge in [0, 0.05) is 35.1 Å². The molecule has 2 amide bonds. The van der Waals surface area contributed by atoms with Gasteiger partial charge in [0.05, 0.1) is 6.61 Å². The first-order chi connectivity index (χ1) is 15.2. The fraction of sp³-hybridized carbons (Fsp3) is 0.440. The molecular weight excluding hydrogens is 447 g/mol. The highest BCUT2D eigenvalue weighted by Crippen LogP contribution is 2.27. The number of hydrogen-bond donors (Lipinski definition) is 1. The molecule has 0 heterocycles. The van der Waals surface area contributed by atoms with Crippen molar-refractivity contribution in [2.75, 3.05) is 13.2 Å². The Morgan fingerprint density at radius 3 is 2.25 bits per heavy atom. The molecule has 0 saturated carbocycles. The van der Waals surface area contributed by atoms with Crippen molar-refractivity contribution in [3.05, 3.63) is 63.6 Å². The van der Waals surface area contributed by atoms with Gasteiger partial charge in [0.15, 0.2) is 0 Å². The normalized spacial score (nSPS) is 11.8. The quantitative estimate of drug-likeness (QED) is 0.424. The highest BCUT2D eigenvalue weighted by atomic mass is 35.5. The summed E-state index contributed by atoms with van der Waals surface area (Å²) < 4.78 is 5.73. The zero-order valence-electron chi connectivity index (χ0n) is 19.2. The molecule has 32 heavy (non-hydrogen) atoms. The van der Waals surface area contributed by atoms with Crippen LogP contribution in [0.15, 0.2) is 42.5 Å². The average molecular weight is 479 g/mol. The zero-order valence-corrected chi connectivity index (χ0v) is 20.7. The van der Waals surface area contributed by atoms with E-state index in [4.69, 9.17) is 27.9 Å². The summed E-state index contributed by atoms with van der Waals surface area (Å²) in [6.07, 6.45) is 0.773. The van der Waals surface area contributed by atoms with Crippen molar-refractivity contribution >= 4 is 35.0 Å². The van der Waals surface area contributed by atoms with Crippen LogP contribution >= 0.6 is 23.2 Å². The Kier molecular flexibility index (Phi) is 10.3. The van der Waals surface area contributed by atoms with E-state index in [1.165, 1.54) is 4.90 Å². The fourth-order valence-corrected chi connectivity index (χ4v) is 3.60. The van der Waals surface area contributed by atoms with Crippen LogP contribution in [0, 0.1) is 12.8 Å². The third kappa shape index (κ3) is 8.03. The second-order valence-corrected chi connectivity index (χ2v) is 9.12. The van der Waals surface area contributed by atoms with Gasteiger partial charge in [0.2, 0.25) is 11.8 Å². The monoisotopic (exact) mass is 478 g/mol. The van der Waals surface area contributed by atoms with Crippen LogP contribution in [-0.2, 0) is 16.1 Å². The number of carbonyl (C=O) groups is 2. The van der Waals surface area contributed by atoms with Gasteiger partial charge in [-0.2, -0.15) is 0 Å². The van der Waals surface area contributed by atoms with Crippen molar-refractivity contribution in [1.29, 1.82) is 0 Å². The number of aryl methyl sites for hydroxylation is 1. The van der Waals surface area contributed by atoms with Gasteiger partial charge < -0.3 is 15.0 Å². The molecule has 174 valence electrons. The molecular formula is C25H32Cl2N2O3. The van der Waals surface area contributed by atoms with E-state index in [1.807, 2.05) is 45.0 Å². The first kappa shape index (κ1) is 26.0. The molecule has 0 bridgehead atoms. The van der Waals surface area contributed by atoms with Crippen molar-refractivity contribution in [2.45, 2.75) is 53.1 Å². The van der Waals surface area contributed by atoms with E-state index in [2.05, 4.69) is 5.32 Å². The van der Waals surface area contributed by atoms with E-state index in [1.54, 1.807) is 25.1 Å². The molecule has 0 aliphatic heterocycles. The number of nitrogens with one attached hydrogen (secondary N) is 1. The second-order valence-electron chi connectivity index (χ2n) is 8.30. The van der Waals surface area contributed by atoms with Gasteiger partial charge in [-0.15, -0.1) is 0 Å². The van der Waals surface area contributed by atoms with Crippen LogP contribution in [0.25, 0.3) is 0 Å². The highest BCUT2D eigenvalue weighted by Gasteiger charge is 2.27. The lowest BCUT2D eigenvalue weighted by atomic mass is 10.1. The summed E-state index contributed by atoms with van der Waals surface area (Å²) in [4.78, 5) is 27.4. The number of benzene rings is 2. The maximum atomic E-state index is 13.1. The van der Waals surface area contributed by atoms with E-state index in [0.717, 1.165) is 11.3 Å². The Morgan fingerprint density at radius 2 is 1.66 bits per heavy atom. The SMILES string of the molecule is Cc1ccc(OCCCC(=O)N(Cc2c(Cl)cccc2Cl)[C@H](C)C(=O)NCC(C)C)cc1. The Morgan fingerprint density at radius 1 is 1.03 bits per heavy atom. The topological polar surface area (TPSA) is 58.6 Å². The smallest absolute Gasteiger partial charge is 0.242 e. The van der Waals surface area contributed by atoms with Gasteiger partial charge in [0.25, 0.3) is 0 Å². The lowest BCUT2D eigenvalue weighted by molar-refractivity contribution is -0.140. The van der Waals surface area contributed by atoms with E-state index in [-0.39, 0.29) is 24.8 Å². The summed E-state index contributed by atoms with van der Waals surface area (Å²) in [6.45, 7) is 8.89. The molecule has 0 aromatic heterocycles. The van der Waals surface area contributed by atoms with Crippen molar-refractivity contribution in [3.63, 3.8) is 0 Å². The van der Waals surface area contributed by atoms with Crippen LogP contribution in [0.2, 0.25) is 10.0 Å². The van der Waals surface area contributed by atoms with Gasteiger partial charge in [0.1, 0.15) is 11.8 Å². The Hall–Kier alpha value is -2.24. The van der Waals surface area contributed by atoms with Crippen LogP contribution in [0.1, 0.15) is 44.7 Å². The van der Waals surface area contributed by atoms with Gasteiger partial charge in [-0.3, -0.25) is 9.59 Å². The molecule has 2 aromatic rings. The van der Waals surface area contributed by atoms with Gasteiger partial charge >= 0.3 is 0 Å². The number of rotatable bonds is 11. The van der Waals surface area contributed by atoms with E-state index >= 15 is 0 Å². The highest BCUT2D eigenvalue weighted by molar-refractivity contribution is 6.36. The molecule has 0 aliphatic carbocycles. The largest absolute Gasteiger partial charge is 0.494 e. The first-order valence-corrected chi connectivity index (χ1v) is 11.6. The molecule has 0 aliphatic rings. The van der Waals surface area contributed by atoms with Crippen LogP contribution in [0.5, 0.6) is 5.75 Å². The zero-order chi connectivity index (χ0) is 23.7. The number of hydrogen-bond acceptors (Lipinski definition) is 3. The van der Waals surface area contributed by atoms with Crippen molar-refractivity contribution < 1.29 is 14.3 Å². The van der Waals surface area contributed by atoms with Crippen molar-refractivity contribution in [1.82, 2.24) is 10.2 Å². The van der Waals surface area contributed by atoms with Crippen LogP contribution < -0.4 is 10.1 Å². The predicted octanol–water partition coefficient (Wildman–Crippen LogP) is 5.65. The number of nitrogens with zero attached hydrogens (tertiary/aromatic N) is 1. The lowest BCUT2D eigenvalue weighted by Crippen LogP contribution is -2.48. The minimum atomic E-state index is -0.661. The van der Waals surface area contributed by atoms with E-state index in [0.29, 0.717) is 41.1 Å². The summed E-state index contributed by atoms with van der Waals surface area (Å²) in [5.74, 6) is 0.725. The van der Waals surface area contributed by atoms with Crippen LogP contribution in [0.4, 0.5) is 0 Å². The fourth-order valence-electron chi connectivity index (χ4n) is 3.08. The third-order valence-corrected chi connectivity index (χ3v) is 5.77. The molecule has 2 aromatic carbocycles. The molecule has 0 spiro atoms. The van der Waals surface area contributed by atoms with Gasteiger partial charge in [-0.1, -0.05) is 60.8 Å². The van der Waals surface area contributed by atoms with Gasteiger partial charge in [-0.25, -0.2) is 0 Å². The molecule has 0 radical (unpaired) electrons. The number of ether oxygens (including phenoxy) is 1. The maximum absolute atomic E-state index is 13.1. The second kappa shape index (κ2) is 12.7. The standard InChI is InChI=1S/C25H32Cl2N2O3/c1-17(2)15-28-25(31)19(4)29(16-21-22(26)7-5-8-23(21)27)24(30)9-6-14-32-20-12-10-18(3)11-13-20/h5,7-8,10-13,17,19H,6,9,14-16H2,1-4H3,(H,28,31)/t19-/m1/s1. The maximum Gasteiger partial charge on any atom is 0.242 e. The number of carbonyl (C=O) groups excluding carboxylic acids is 2. The van der Waals surface area contributed by atoms with Gasteiger partial charge in [-0.05, 0) is 50.5 Å². The molecule has 2 rings (SSSR count). The minimum Gasteiger partial charge on any atom is -0.494 e. The summed E-state index contributed by atoms with van der Waals surface area (Å²) in [5.41, 5.74) is 1.79. The minimum absolute atomic E-state index is 0.152. The Labute approximate surface area is 201 Å². The molecule has 1 atom stereocenters. The Bertz CT molecular complexity index is 880. The molecule has 0 fully saturated rings. The molecule has 0 unspecified atom stereocenters. The molecule has 0 saturated heterocycles. The van der Waals surface area contributed by atoms with Crippen molar-refractivity contribution in [2.24, 2.45) is 5.92 Å². The van der Waals surface area contributed by atoms with Crippen LogP contribution in [-0.4, -0.2) is 35.9 Å². The van der Waals surface area contributed by atoms with Crippen LogP contribution in [0.3, 0.4) is 0 Å². The predicted molar refractivity (Wildman–Crippen MR) is 130 cm³/mol. The van der Waals surface area contributed by atoms with Crippen molar-refractivity contribution in [3.8, 4) is 5.75 Å². The Balaban J connectivity index is 2.05. The molecule has 5 nitrogen and oxygen atoms in total. The lowest BCUT2D eigenvalue weighted by Gasteiger charge is -2.29. The molecule has 7 heteroatoms. The number of halogens is 2. The summed E-state index contributed by atoms with van der Waals surface area (Å²) in [6, 6.07) is 12.3. The third-order valence-electron chi connectivity index (χ3n) is 5.07. The average Bonchev–Trinajstić information content (AvgIpc) is 2.75.